The van der Waals surface area contributed by atoms with E-state index in [2.05, 4.69) is 4.90 Å². The standard InChI is InChI=1S/C11H18N2O3/c1-12-6-7-13(8-2-3-8)9(11(12)16)4-5-10(14)15/h8-9H,2-7H2,1H3,(H,14,15). The molecule has 2 fully saturated rings. The van der Waals surface area contributed by atoms with Gasteiger partial charge in [0, 0.05) is 32.6 Å². The van der Waals surface area contributed by atoms with Gasteiger partial charge in [-0.05, 0) is 19.3 Å². The largest absolute Gasteiger partial charge is 0.481 e. The molecule has 90 valence electrons. The van der Waals surface area contributed by atoms with Gasteiger partial charge in [0.15, 0.2) is 0 Å². The number of likely N-dealkylation sites (N-methyl/N-ethyl adjacent to an activating group) is 1. The Morgan fingerprint density at radius 3 is 2.69 bits per heavy atom. The molecule has 1 heterocycles. The third kappa shape index (κ3) is 2.35. The molecule has 16 heavy (non-hydrogen) atoms. The summed E-state index contributed by atoms with van der Waals surface area (Å²) in [7, 11) is 1.79. The zero-order valence-corrected chi connectivity index (χ0v) is 9.56. The number of carboxylic acids is 1. The van der Waals surface area contributed by atoms with Gasteiger partial charge in [-0.1, -0.05) is 0 Å². The molecule has 1 N–H and O–H groups in total. The molecule has 1 saturated carbocycles. The zero-order valence-electron chi connectivity index (χ0n) is 9.56. The van der Waals surface area contributed by atoms with Gasteiger partial charge in [-0.25, -0.2) is 0 Å². The highest BCUT2D eigenvalue weighted by Gasteiger charge is 2.40. The van der Waals surface area contributed by atoms with E-state index in [9.17, 15) is 9.59 Å². The summed E-state index contributed by atoms with van der Waals surface area (Å²) in [5.74, 6) is -0.740. The van der Waals surface area contributed by atoms with Crippen LogP contribution in [0.2, 0.25) is 0 Å². The Morgan fingerprint density at radius 1 is 1.44 bits per heavy atom. The molecular weight excluding hydrogens is 208 g/mol. The Balaban J connectivity index is 2.00. The number of carbonyl (C=O) groups excluding carboxylic acids is 1. The third-order valence-corrected chi connectivity index (χ3v) is 3.40. The fourth-order valence-electron chi connectivity index (χ4n) is 2.32. The van der Waals surface area contributed by atoms with E-state index in [1.165, 1.54) is 0 Å². The first-order valence-corrected chi connectivity index (χ1v) is 5.82. The van der Waals surface area contributed by atoms with Crippen LogP contribution in [0.4, 0.5) is 0 Å². The Morgan fingerprint density at radius 2 is 2.12 bits per heavy atom. The monoisotopic (exact) mass is 226 g/mol. The van der Waals surface area contributed by atoms with E-state index in [0.717, 1.165) is 25.9 Å². The van der Waals surface area contributed by atoms with E-state index < -0.39 is 5.97 Å². The lowest BCUT2D eigenvalue weighted by molar-refractivity contribution is -0.142. The van der Waals surface area contributed by atoms with Crippen LogP contribution in [0.15, 0.2) is 0 Å². The molecule has 1 atom stereocenters. The number of rotatable bonds is 4. The molecule has 1 unspecified atom stereocenters. The molecule has 2 rings (SSSR count). The van der Waals surface area contributed by atoms with E-state index in [1.54, 1.807) is 11.9 Å². The van der Waals surface area contributed by atoms with Crippen molar-refractivity contribution in [1.82, 2.24) is 9.80 Å². The van der Waals surface area contributed by atoms with E-state index >= 15 is 0 Å². The summed E-state index contributed by atoms with van der Waals surface area (Å²) in [6, 6.07) is 0.318. The second kappa shape index (κ2) is 4.41. The predicted octanol–water partition coefficient (Wildman–Crippen LogP) is 0.156. The topological polar surface area (TPSA) is 60.9 Å². The van der Waals surface area contributed by atoms with E-state index in [-0.39, 0.29) is 18.4 Å². The van der Waals surface area contributed by atoms with Gasteiger partial charge in [-0.15, -0.1) is 0 Å². The Labute approximate surface area is 95.0 Å². The fraction of sp³-hybridized carbons (Fsp3) is 0.818. The molecule has 0 aromatic carbocycles. The molecule has 1 aliphatic carbocycles. The Bertz CT molecular complexity index is 302. The molecule has 2 aliphatic rings. The van der Waals surface area contributed by atoms with Gasteiger partial charge in [0.2, 0.25) is 5.91 Å². The molecule has 0 spiro atoms. The fourth-order valence-corrected chi connectivity index (χ4v) is 2.32. The van der Waals surface area contributed by atoms with Crippen molar-refractivity contribution in [2.45, 2.75) is 37.8 Å². The van der Waals surface area contributed by atoms with Crippen LogP contribution in [0.25, 0.3) is 0 Å². The summed E-state index contributed by atoms with van der Waals surface area (Å²) in [5.41, 5.74) is 0. The number of carboxylic acid groups (broad SMARTS) is 1. The first-order chi connectivity index (χ1) is 7.59. The minimum atomic E-state index is -0.822. The Kier molecular flexibility index (Phi) is 3.14. The smallest absolute Gasteiger partial charge is 0.303 e. The van der Waals surface area contributed by atoms with Crippen LogP contribution >= 0.6 is 0 Å². The Hall–Kier alpha value is -1.10. The van der Waals surface area contributed by atoms with Gasteiger partial charge < -0.3 is 10.0 Å². The number of hydrogen-bond acceptors (Lipinski definition) is 3. The maximum absolute atomic E-state index is 12.0. The third-order valence-electron chi connectivity index (χ3n) is 3.40. The number of amides is 1. The summed E-state index contributed by atoms with van der Waals surface area (Å²) in [6.07, 6.45) is 2.82. The second-order valence-corrected chi connectivity index (χ2v) is 4.68. The number of hydrogen-bond donors (Lipinski definition) is 1. The average molecular weight is 226 g/mol. The second-order valence-electron chi connectivity index (χ2n) is 4.68. The first kappa shape index (κ1) is 11.4. The van der Waals surface area contributed by atoms with Crippen molar-refractivity contribution >= 4 is 11.9 Å². The van der Waals surface area contributed by atoms with Crippen molar-refractivity contribution in [2.24, 2.45) is 0 Å². The molecule has 1 saturated heterocycles. The van der Waals surface area contributed by atoms with Gasteiger partial charge in [0.05, 0.1) is 6.04 Å². The van der Waals surface area contributed by atoms with Crippen LogP contribution in [-0.4, -0.2) is 59.0 Å². The van der Waals surface area contributed by atoms with Crippen molar-refractivity contribution in [1.29, 1.82) is 0 Å². The van der Waals surface area contributed by atoms with Crippen molar-refractivity contribution in [3.63, 3.8) is 0 Å². The van der Waals surface area contributed by atoms with Crippen LogP contribution in [0, 0.1) is 0 Å². The van der Waals surface area contributed by atoms with Gasteiger partial charge in [0.25, 0.3) is 0 Å². The summed E-state index contributed by atoms with van der Waals surface area (Å²) < 4.78 is 0. The van der Waals surface area contributed by atoms with Crippen LogP contribution < -0.4 is 0 Å². The molecule has 1 aliphatic heterocycles. The maximum atomic E-state index is 12.0. The van der Waals surface area contributed by atoms with Crippen molar-refractivity contribution in [3.8, 4) is 0 Å². The molecule has 0 radical (unpaired) electrons. The van der Waals surface area contributed by atoms with Crippen LogP contribution in [0.1, 0.15) is 25.7 Å². The SMILES string of the molecule is CN1CCN(C2CC2)C(CCC(=O)O)C1=O. The quantitative estimate of drug-likeness (QED) is 0.741. The van der Waals surface area contributed by atoms with Gasteiger partial charge >= 0.3 is 5.97 Å². The van der Waals surface area contributed by atoms with Crippen LogP contribution in [0.5, 0.6) is 0 Å². The highest BCUT2D eigenvalue weighted by Crippen LogP contribution is 2.31. The lowest BCUT2D eigenvalue weighted by Gasteiger charge is -2.39. The summed E-state index contributed by atoms with van der Waals surface area (Å²) in [6.45, 7) is 1.65. The normalized spacial score (nSPS) is 27.2. The number of nitrogens with zero attached hydrogens (tertiary/aromatic N) is 2. The molecule has 1 amide bonds. The minimum absolute atomic E-state index is 0.0769. The van der Waals surface area contributed by atoms with Crippen LogP contribution in [0.3, 0.4) is 0 Å². The van der Waals surface area contributed by atoms with E-state index in [4.69, 9.17) is 5.11 Å². The number of carbonyl (C=O) groups is 2. The van der Waals surface area contributed by atoms with E-state index in [1.807, 2.05) is 0 Å². The minimum Gasteiger partial charge on any atom is -0.481 e. The molecule has 0 aromatic heterocycles. The molecule has 0 aromatic rings. The average Bonchev–Trinajstić information content (AvgIpc) is 3.03. The molecule has 5 heteroatoms. The highest BCUT2D eigenvalue weighted by molar-refractivity contribution is 5.83. The van der Waals surface area contributed by atoms with Gasteiger partial charge in [0.1, 0.15) is 0 Å². The summed E-state index contributed by atoms with van der Waals surface area (Å²) >= 11 is 0. The maximum Gasteiger partial charge on any atom is 0.303 e. The van der Waals surface area contributed by atoms with Crippen LogP contribution in [-0.2, 0) is 9.59 Å². The zero-order chi connectivity index (χ0) is 11.7. The molecule has 0 bridgehead atoms. The molecular formula is C11H18N2O3. The van der Waals surface area contributed by atoms with Gasteiger partial charge in [-0.2, -0.15) is 0 Å². The highest BCUT2D eigenvalue weighted by atomic mass is 16.4. The van der Waals surface area contributed by atoms with E-state index in [0.29, 0.717) is 12.5 Å². The number of piperazine rings is 1. The number of aliphatic carboxylic acids is 1. The lowest BCUT2D eigenvalue weighted by atomic mass is 10.1. The lowest BCUT2D eigenvalue weighted by Crippen LogP contribution is -2.56. The molecule has 5 nitrogen and oxygen atoms in total. The van der Waals surface area contributed by atoms with Crippen molar-refractivity contribution < 1.29 is 14.7 Å². The van der Waals surface area contributed by atoms with Crippen molar-refractivity contribution in [2.75, 3.05) is 20.1 Å². The summed E-state index contributed by atoms with van der Waals surface area (Å²) in [4.78, 5) is 26.5. The first-order valence-electron chi connectivity index (χ1n) is 5.82. The van der Waals surface area contributed by atoms with Crippen molar-refractivity contribution in [3.05, 3.63) is 0 Å². The van der Waals surface area contributed by atoms with Gasteiger partial charge in [-0.3, -0.25) is 14.5 Å². The summed E-state index contributed by atoms with van der Waals surface area (Å²) in [5, 5.41) is 8.69. The predicted molar refractivity (Wildman–Crippen MR) is 58.0 cm³/mol.